The van der Waals surface area contributed by atoms with Crippen molar-refractivity contribution in [2.75, 3.05) is 0 Å². The highest BCUT2D eigenvalue weighted by molar-refractivity contribution is 9.10. The van der Waals surface area contributed by atoms with E-state index >= 15 is 0 Å². The molecule has 0 spiro atoms. The minimum atomic E-state index is -1.14. The highest BCUT2D eigenvalue weighted by atomic mass is 79.9. The Balaban J connectivity index is 2.28. The van der Waals surface area contributed by atoms with E-state index in [1.807, 2.05) is 0 Å². The molecular weight excluding hydrogens is 292 g/mol. The van der Waals surface area contributed by atoms with Gasteiger partial charge < -0.3 is 9.52 Å². The summed E-state index contributed by atoms with van der Waals surface area (Å²) >= 11 is 3.07. The molecule has 0 aromatic carbocycles. The molecule has 0 amide bonds. The SMILES string of the molecule is O=C(O)c1ccc(Cn2cncc(Br)c2=O)o1. The van der Waals surface area contributed by atoms with E-state index in [0.717, 1.165) is 0 Å². The number of aromatic nitrogens is 2. The zero-order chi connectivity index (χ0) is 12.4. The second-order valence-electron chi connectivity index (χ2n) is 3.25. The first-order valence-electron chi connectivity index (χ1n) is 4.60. The minimum Gasteiger partial charge on any atom is -0.475 e. The molecule has 0 aliphatic rings. The summed E-state index contributed by atoms with van der Waals surface area (Å²) < 4.78 is 6.69. The molecule has 7 heteroatoms. The molecule has 0 saturated heterocycles. The first-order chi connectivity index (χ1) is 8.08. The van der Waals surface area contributed by atoms with Gasteiger partial charge in [-0.3, -0.25) is 9.36 Å². The van der Waals surface area contributed by atoms with Crippen molar-refractivity contribution >= 4 is 21.9 Å². The highest BCUT2D eigenvalue weighted by Gasteiger charge is 2.10. The van der Waals surface area contributed by atoms with Crippen molar-refractivity contribution in [2.45, 2.75) is 6.54 Å². The van der Waals surface area contributed by atoms with Crippen LogP contribution in [0.15, 0.2) is 38.3 Å². The molecule has 0 atom stereocenters. The van der Waals surface area contributed by atoms with Crippen LogP contribution in [0.4, 0.5) is 0 Å². The van der Waals surface area contributed by atoms with Crippen molar-refractivity contribution in [1.29, 1.82) is 0 Å². The van der Waals surface area contributed by atoms with Gasteiger partial charge in [0.25, 0.3) is 5.56 Å². The maximum absolute atomic E-state index is 11.6. The van der Waals surface area contributed by atoms with Gasteiger partial charge in [0.15, 0.2) is 0 Å². The maximum Gasteiger partial charge on any atom is 0.371 e. The smallest absolute Gasteiger partial charge is 0.371 e. The van der Waals surface area contributed by atoms with Crippen LogP contribution in [0.25, 0.3) is 0 Å². The van der Waals surface area contributed by atoms with Gasteiger partial charge in [-0.1, -0.05) is 0 Å². The van der Waals surface area contributed by atoms with Crippen molar-refractivity contribution in [3.63, 3.8) is 0 Å². The Morgan fingerprint density at radius 2 is 2.29 bits per heavy atom. The first-order valence-corrected chi connectivity index (χ1v) is 5.39. The minimum absolute atomic E-state index is 0.137. The lowest BCUT2D eigenvalue weighted by atomic mass is 10.4. The fourth-order valence-electron chi connectivity index (χ4n) is 1.28. The monoisotopic (exact) mass is 298 g/mol. The second-order valence-corrected chi connectivity index (χ2v) is 4.10. The Morgan fingerprint density at radius 1 is 1.53 bits per heavy atom. The number of hydrogen-bond donors (Lipinski definition) is 1. The van der Waals surface area contributed by atoms with Crippen LogP contribution in [0, 0.1) is 0 Å². The standard InChI is InChI=1S/C10H7BrN2O4/c11-7-3-12-5-13(9(7)14)4-6-1-2-8(17-6)10(15)16/h1-3,5H,4H2,(H,15,16). The number of halogens is 1. The number of aromatic carboxylic acids is 1. The zero-order valence-electron chi connectivity index (χ0n) is 8.46. The molecule has 0 unspecified atom stereocenters. The predicted molar refractivity (Wildman–Crippen MR) is 61.0 cm³/mol. The molecule has 1 N–H and O–H groups in total. The Kier molecular flexibility index (Phi) is 3.10. The normalized spacial score (nSPS) is 10.4. The summed E-state index contributed by atoms with van der Waals surface area (Å²) in [6.07, 6.45) is 2.75. The quantitative estimate of drug-likeness (QED) is 0.924. The average molecular weight is 299 g/mol. The van der Waals surface area contributed by atoms with E-state index in [1.54, 1.807) is 0 Å². The van der Waals surface area contributed by atoms with E-state index in [1.165, 1.54) is 29.2 Å². The van der Waals surface area contributed by atoms with Gasteiger partial charge in [0, 0.05) is 6.20 Å². The number of carbonyl (C=O) groups is 1. The Labute approximate surface area is 104 Å². The number of nitrogens with zero attached hydrogens (tertiary/aromatic N) is 2. The van der Waals surface area contributed by atoms with Crippen molar-refractivity contribution in [3.05, 3.63) is 51.0 Å². The molecule has 0 fully saturated rings. The van der Waals surface area contributed by atoms with Crippen LogP contribution in [0.3, 0.4) is 0 Å². The van der Waals surface area contributed by atoms with Crippen LogP contribution in [0.1, 0.15) is 16.3 Å². The lowest BCUT2D eigenvalue weighted by Gasteiger charge is -2.02. The molecule has 2 aromatic heterocycles. The van der Waals surface area contributed by atoms with E-state index < -0.39 is 5.97 Å². The number of hydrogen-bond acceptors (Lipinski definition) is 4. The lowest BCUT2D eigenvalue weighted by molar-refractivity contribution is 0.0660. The molecular formula is C10H7BrN2O4. The Bertz CT molecular complexity index is 617. The molecule has 0 aliphatic carbocycles. The summed E-state index contributed by atoms with van der Waals surface area (Å²) in [6.45, 7) is 0.137. The third-order valence-corrected chi connectivity index (χ3v) is 2.60. The number of carboxylic acid groups (broad SMARTS) is 1. The Morgan fingerprint density at radius 3 is 2.94 bits per heavy atom. The molecule has 2 rings (SSSR count). The summed E-state index contributed by atoms with van der Waals surface area (Å²) in [5.41, 5.74) is -0.256. The first kappa shape index (κ1) is 11.6. The molecule has 0 radical (unpaired) electrons. The summed E-state index contributed by atoms with van der Waals surface area (Å²) in [5.74, 6) is -0.920. The number of carboxylic acids is 1. The molecule has 0 aliphatic heterocycles. The lowest BCUT2D eigenvalue weighted by Crippen LogP contribution is -2.20. The summed E-state index contributed by atoms with van der Waals surface area (Å²) in [7, 11) is 0. The van der Waals surface area contributed by atoms with Gasteiger partial charge in [-0.25, -0.2) is 9.78 Å². The number of rotatable bonds is 3. The van der Waals surface area contributed by atoms with Crippen LogP contribution in [-0.4, -0.2) is 20.6 Å². The van der Waals surface area contributed by atoms with Gasteiger partial charge in [0.1, 0.15) is 10.2 Å². The molecule has 6 nitrogen and oxygen atoms in total. The van der Waals surface area contributed by atoms with E-state index in [0.29, 0.717) is 10.2 Å². The predicted octanol–water partition coefficient (Wildman–Crippen LogP) is 1.35. The van der Waals surface area contributed by atoms with Crippen molar-refractivity contribution < 1.29 is 14.3 Å². The van der Waals surface area contributed by atoms with Gasteiger partial charge in [-0.2, -0.15) is 0 Å². The zero-order valence-corrected chi connectivity index (χ0v) is 10.0. The van der Waals surface area contributed by atoms with Crippen LogP contribution < -0.4 is 5.56 Å². The van der Waals surface area contributed by atoms with E-state index in [-0.39, 0.29) is 17.9 Å². The largest absolute Gasteiger partial charge is 0.475 e. The molecule has 2 aromatic rings. The fourth-order valence-corrected chi connectivity index (χ4v) is 1.63. The number of furan rings is 1. The van der Waals surface area contributed by atoms with Crippen LogP contribution in [-0.2, 0) is 6.54 Å². The van der Waals surface area contributed by atoms with Gasteiger partial charge in [0.2, 0.25) is 5.76 Å². The van der Waals surface area contributed by atoms with E-state index in [2.05, 4.69) is 20.9 Å². The molecule has 17 heavy (non-hydrogen) atoms. The Hall–Kier alpha value is -1.89. The van der Waals surface area contributed by atoms with Crippen molar-refractivity contribution in [3.8, 4) is 0 Å². The third-order valence-electron chi connectivity index (χ3n) is 2.06. The van der Waals surface area contributed by atoms with Crippen molar-refractivity contribution in [2.24, 2.45) is 0 Å². The van der Waals surface area contributed by atoms with Gasteiger partial charge >= 0.3 is 5.97 Å². The van der Waals surface area contributed by atoms with Crippen LogP contribution >= 0.6 is 15.9 Å². The molecule has 88 valence electrons. The van der Waals surface area contributed by atoms with Crippen LogP contribution in [0.5, 0.6) is 0 Å². The molecule has 0 saturated carbocycles. The summed E-state index contributed by atoms with van der Waals surface area (Å²) in [4.78, 5) is 26.1. The third kappa shape index (κ3) is 2.44. The van der Waals surface area contributed by atoms with Crippen molar-refractivity contribution in [1.82, 2.24) is 9.55 Å². The van der Waals surface area contributed by atoms with Crippen LogP contribution in [0.2, 0.25) is 0 Å². The fraction of sp³-hybridized carbons (Fsp3) is 0.100. The molecule has 2 heterocycles. The van der Waals surface area contributed by atoms with Gasteiger partial charge in [0.05, 0.1) is 12.9 Å². The maximum atomic E-state index is 11.6. The van der Waals surface area contributed by atoms with Gasteiger partial charge in [-0.15, -0.1) is 0 Å². The average Bonchev–Trinajstić information content (AvgIpc) is 2.73. The molecule has 0 bridgehead atoms. The highest BCUT2D eigenvalue weighted by Crippen LogP contribution is 2.09. The summed E-state index contributed by atoms with van der Waals surface area (Å²) in [5, 5.41) is 8.68. The summed E-state index contributed by atoms with van der Waals surface area (Å²) in [6, 6.07) is 2.85. The van der Waals surface area contributed by atoms with E-state index in [9.17, 15) is 9.59 Å². The van der Waals surface area contributed by atoms with Gasteiger partial charge in [-0.05, 0) is 28.1 Å². The second kappa shape index (κ2) is 4.54. The van der Waals surface area contributed by atoms with E-state index in [4.69, 9.17) is 9.52 Å². The topological polar surface area (TPSA) is 85.3 Å².